The number of aryl methyl sites for hydroxylation is 1. The third-order valence-corrected chi connectivity index (χ3v) is 4.47. The van der Waals surface area contributed by atoms with Gasteiger partial charge in [0, 0.05) is 13.1 Å². The molecule has 1 aromatic carbocycles. The fraction of sp³-hybridized carbons (Fsp3) is 0.286. The predicted octanol–water partition coefficient (Wildman–Crippen LogP) is 2.83. The van der Waals surface area contributed by atoms with Crippen LogP contribution in [-0.4, -0.2) is 17.8 Å². The second-order valence-corrected chi connectivity index (χ2v) is 5.51. The molecule has 0 aliphatic carbocycles. The summed E-state index contributed by atoms with van der Waals surface area (Å²) in [6.07, 6.45) is 1.94. The van der Waals surface area contributed by atoms with E-state index in [9.17, 15) is 4.79 Å². The van der Waals surface area contributed by atoms with Crippen molar-refractivity contribution in [1.82, 2.24) is 4.98 Å². The standard InChI is InChI=1S/C14H14N2OS/c1-10-13(9-17)18-14(15-10)16-7-6-11-4-2-3-5-12(11)8-16/h2-5,9H,6-8H2,1H3. The van der Waals surface area contributed by atoms with Crippen LogP contribution in [-0.2, 0) is 13.0 Å². The van der Waals surface area contributed by atoms with Crippen LogP contribution < -0.4 is 4.90 Å². The van der Waals surface area contributed by atoms with Crippen LogP contribution in [0.25, 0.3) is 0 Å². The van der Waals surface area contributed by atoms with E-state index in [4.69, 9.17) is 0 Å². The molecule has 18 heavy (non-hydrogen) atoms. The summed E-state index contributed by atoms with van der Waals surface area (Å²) in [6.45, 7) is 3.76. The van der Waals surface area contributed by atoms with Crippen LogP contribution in [0.3, 0.4) is 0 Å². The number of aromatic nitrogens is 1. The van der Waals surface area contributed by atoms with E-state index in [1.54, 1.807) is 0 Å². The molecule has 0 saturated carbocycles. The Labute approximate surface area is 110 Å². The SMILES string of the molecule is Cc1nc(N2CCc3ccccc3C2)sc1C=O. The zero-order valence-electron chi connectivity index (χ0n) is 10.2. The molecule has 0 fully saturated rings. The largest absolute Gasteiger partial charge is 0.343 e. The quantitative estimate of drug-likeness (QED) is 0.777. The average molecular weight is 258 g/mol. The van der Waals surface area contributed by atoms with Gasteiger partial charge < -0.3 is 4.90 Å². The lowest BCUT2D eigenvalue weighted by Crippen LogP contribution is -2.30. The van der Waals surface area contributed by atoms with Gasteiger partial charge in [-0.3, -0.25) is 4.79 Å². The summed E-state index contributed by atoms with van der Waals surface area (Å²) in [4.78, 5) is 18.4. The van der Waals surface area contributed by atoms with Crippen LogP contribution in [0.1, 0.15) is 26.5 Å². The van der Waals surface area contributed by atoms with Crippen molar-refractivity contribution in [2.24, 2.45) is 0 Å². The first kappa shape index (κ1) is 11.4. The number of aldehydes is 1. The topological polar surface area (TPSA) is 33.2 Å². The molecule has 0 unspecified atom stereocenters. The highest BCUT2D eigenvalue weighted by Crippen LogP contribution is 2.29. The molecule has 0 spiro atoms. The fourth-order valence-electron chi connectivity index (χ4n) is 2.30. The van der Waals surface area contributed by atoms with E-state index < -0.39 is 0 Å². The number of anilines is 1. The predicted molar refractivity (Wildman–Crippen MR) is 73.4 cm³/mol. The minimum Gasteiger partial charge on any atom is -0.343 e. The molecule has 0 N–H and O–H groups in total. The van der Waals surface area contributed by atoms with Gasteiger partial charge in [0.2, 0.25) is 0 Å². The van der Waals surface area contributed by atoms with Crippen molar-refractivity contribution >= 4 is 22.8 Å². The number of fused-ring (bicyclic) bond motifs is 1. The number of nitrogens with zero attached hydrogens (tertiary/aromatic N) is 2. The minimum atomic E-state index is 0.740. The van der Waals surface area contributed by atoms with Gasteiger partial charge in [0.25, 0.3) is 0 Å². The van der Waals surface area contributed by atoms with Gasteiger partial charge in [-0.1, -0.05) is 35.6 Å². The molecule has 92 valence electrons. The molecule has 0 saturated heterocycles. The normalized spacial score (nSPS) is 14.4. The van der Waals surface area contributed by atoms with Crippen molar-refractivity contribution in [3.63, 3.8) is 0 Å². The van der Waals surface area contributed by atoms with Crippen molar-refractivity contribution in [2.75, 3.05) is 11.4 Å². The zero-order chi connectivity index (χ0) is 12.5. The monoisotopic (exact) mass is 258 g/mol. The maximum absolute atomic E-state index is 10.9. The van der Waals surface area contributed by atoms with E-state index in [1.165, 1.54) is 22.5 Å². The third kappa shape index (κ3) is 1.93. The summed E-state index contributed by atoms with van der Waals surface area (Å²) in [5.74, 6) is 0. The first-order chi connectivity index (χ1) is 8.78. The van der Waals surface area contributed by atoms with E-state index in [1.807, 2.05) is 6.92 Å². The van der Waals surface area contributed by atoms with Crippen LogP contribution in [0.5, 0.6) is 0 Å². The van der Waals surface area contributed by atoms with Gasteiger partial charge in [-0.2, -0.15) is 0 Å². The summed E-state index contributed by atoms with van der Waals surface area (Å²) >= 11 is 1.49. The molecule has 0 atom stereocenters. The second-order valence-electron chi connectivity index (χ2n) is 4.50. The fourth-order valence-corrected chi connectivity index (χ4v) is 3.20. The van der Waals surface area contributed by atoms with E-state index in [2.05, 4.69) is 34.1 Å². The van der Waals surface area contributed by atoms with Crippen LogP contribution in [0.4, 0.5) is 5.13 Å². The summed E-state index contributed by atoms with van der Waals surface area (Å²) in [6, 6.07) is 8.53. The Morgan fingerprint density at radius 1 is 1.33 bits per heavy atom. The number of hydrogen-bond donors (Lipinski definition) is 0. The average Bonchev–Trinajstić information content (AvgIpc) is 2.79. The molecule has 1 aliphatic heterocycles. The number of thiazole rings is 1. The number of benzene rings is 1. The molecular weight excluding hydrogens is 244 g/mol. The maximum atomic E-state index is 10.9. The summed E-state index contributed by atoms with van der Waals surface area (Å²) in [5.41, 5.74) is 3.63. The lowest BCUT2D eigenvalue weighted by molar-refractivity contribution is 0.112. The van der Waals surface area contributed by atoms with Crippen molar-refractivity contribution in [3.8, 4) is 0 Å². The van der Waals surface area contributed by atoms with Gasteiger partial charge in [0.15, 0.2) is 11.4 Å². The summed E-state index contributed by atoms with van der Waals surface area (Å²) in [7, 11) is 0. The van der Waals surface area contributed by atoms with Crippen LogP contribution in [0.2, 0.25) is 0 Å². The number of carbonyl (C=O) groups excluding carboxylic acids is 1. The molecule has 4 heteroatoms. The number of carbonyl (C=O) groups is 1. The lowest BCUT2D eigenvalue weighted by atomic mass is 10.0. The zero-order valence-corrected chi connectivity index (χ0v) is 11.0. The molecule has 0 radical (unpaired) electrons. The minimum absolute atomic E-state index is 0.740. The van der Waals surface area contributed by atoms with Gasteiger partial charge in [-0.25, -0.2) is 4.98 Å². The van der Waals surface area contributed by atoms with Gasteiger partial charge in [-0.05, 0) is 24.5 Å². The third-order valence-electron chi connectivity index (χ3n) is 3.33. The molecule has 3 nitrogen and oxygen atoms in total. The Hall–Kier alpha value is -1.68. The highest BCUT2D eigenvalue weighted by Gasteiger charge is 2.19. The smallest absolute Gasteiger partial charge is 0.186 e. The Morgan fingerprint density at radius 2 is 2.11 bits per heavy atom. The first-order valence-corrected chi connectivity index (χ1v) is 6.84. The van der Waals surface area contributed by atoms with Crippen LogP contribution in [0.15, 0.2) is 24.3 Å². The molecule has 3 rings (SSSR count). The molecule has 0 amide bonds. The van der Waals surface area contributed by atoms with E-state index >= 15 is 0 Å². The van der Waals surface area contributed by atoms with Crippen molar-refractivity contribution in [3.05, 3.63) is 46.0 Å². The molecule has 1 aromatic heterocycles. The lowest BCUT2D eigenvalue weighted by Gasteiger charge is -2.28. The Kier molecular flexibility index (Phi) is 2.88. The molecule has 2 heterocycles. The Morgan fingerprint density at radius 3 is 2.83 bits per heavy atom. The Bertz CT molecular complexity index is 591. The van der Waals surface area contributed by atoms with E-state index in [-0.39, 0.29) is 0 Å². The highest BCUT2D eigenvalue weighted by molar-refractivity contribution is 7.17. The molecule has 0 bridgehead atoms. The molecule has 2 aromatic rings. The number of hydrogen-bond acceptors (Lipinski definition) is 4. The van der Waals surface area contributed by atoms with Crippen molar-refractivity contribution in [2.45, 2.75) is 19.9 Å². The maximum Gasteiger partial charge on any atom is 0.186 e. The summed E-state index contributed by atoms with van der Waals surface area (Å²) in [5, 5.41) is 0.962. The van der Waals surface area contributed by atoms with Crippen LogP contribution in [0, 0.1) is 6.92 Å². The summed E-state index contributed by atoms with van der Waals surface area (Å²) < 4.78 is 0. The van der Waals surface area contributed by atoms with Gasteiger partial charge in [0.05, 0.1) is 10.6 Å². The molecule has 1 aliphatic rings. The number of rotatable bonds is 2. The van der Waals surface area contributed by atoms with Gasteiger partial charge in [-0.15, -0.1) is 0 Å². The van der Waals surface area contributed by atoms with Gasteiger partial charge in [0.1, 0.15) is 0 Å². The van der Waals surface area contributed by atoms with Crippen LogP contribution >= 0.6 is 11.3 Å². The Balaban J connectivity index is 1.89. The second kappa shape index (κ2) is 4.53. The first-order valence-electron chi connectivity index (χ1n) is 6.02. The van der Waals surface area contributed by atoms with Crippen molar-refractivity contribution < 1.29 is 4.79 Å². The van der Waals surface area contributed by atoms with Gasteiger partial charge >= 0.3 is 0 Å². The molecular formula is C14H14N2OS. The van der Waals surface area contributed by atoms with E-state index in [0.717, 1.165) is 41.5 Å². The van der Waals surface area contributed by atoms with E-state index in [0.29, 0.717) is 0 Å². The highest BCUT2D eigenvalue weighted by atomic mass is 32.1. The van der Waals surface area contributed by atoms with Crippen molar-refractivity contribution in [1.29, 1.82) is 0 Å².